The van der Waals surface area contributed by atoms with Crippen LogP contribution in [0.5, 0.6) is 0 Å². The number of ether oxygens (including phenoxy) is 1. The number of aliphatic hydroxyl groups excluding tert-OH is 3. The van der Waals surface area contributed by atoms with Gasteiger partial charge in [0.05, 0.1) is 23.7 Å². The number of aromatic nitrogens is 5. The van der Waals surface area contributed by atoms with Crippen LogP contribution in [0.4, 0.5) is 0 Å². The van der Waals surface area contributed by atoms with E-state index in [-0.39, 0.29) is 6.61 Å². The van der Waals surface area contributed by atoms with Crippen LogP contribution >= 0.6 is 11.8 Å². The molecule has 1 fully saturated rings. The minimum Gasteiger partial charge on any atom is -0.394 e. The van der Waals surface area contributed by atoms with Gasteiger partial charge in [-0.2, -0.15) is 0 Å². The SMILES string of the molecule is OC[C@H]1O[C@@H](n2cnc3c(CSc4ccccn4)ncnc32)[C@H](O)[C@@H]1O. The van der Waals surface area contributed by atoms with Crippen molar-refractivity contribution in [2.75, 3.05) is 6.61 Å². The third-order valence-corrected chi connectivity index (χ3v) is 5.18. The quantitative estimate of drug-likeness (QED) is 0.533. The molecule has 4 atom stereocenters. The minimum atomic E-state index is -1.19. The molecule has 136 valence electrons. The van der Waals surface area contributed by atoms with E-state index in [1.165, 1.54) is 24.4 Å². The molecule has 3 aromatic rings. The summed E-state index contributed by atoms with van der Waals surface area (Å²) in [7, 11) is 0. The van der Waals surface area contributed by atoms with Crippen molar-refractivity contribution < 1.29 is 20.1 Å². The predicted octanol–water partition coefficient (Wildman–Crippen LogP) is 0.125. The molecular formula is C16H17N5O4S. The molecule has 0 aliphatic carbocycles. The van der Waals surface area contributed by atoms with Gasteiger partial charge in [-0.05, 0) is 12.1 Å². The van der Waals surface area contributed by atoms with Crippen molar-refractivity contribution >= 4 is 22.9 Å². The molecule has 1 saturated heterocycles. The molecule has 9 nitrogen and oxygen atoms in total. The first-order chi connectivity index (χ1) is 12.7. The van der Waals surface area contributed by atoms with E-state index in [0.717, 1.165) is 10.7 Å². The highest BCUT2D eigenvalue weighted by Crippen LogP contribution is 2.32. The lowest BCUT2D eigenvalue weighted by Crippen LogP contribution is -2.33. The number of hydrogen-bond donors (Lipinski definition) is 3. The van der Waals surface area contributed by atoms with Crippen LogP contribution in [-0.2, 0) is 10.5 Å². The van der Waals surface area contributed by atoms with Crippen molar-refractivity contribution in [3.8, 4) is 0 Å². The molecule has 4 heterocycles. The van der Waals surface area contributed by atoms with Crippen LogP contribution in [-0.4, -0.2) is 64.7 Å². The number of rotatable bonds is 5. The van der Waals surface area contributed by atoms with E-state index in [1.807, 2.05) is 18.2 Å². The average Bonchev–Trinajstić information content (AvgIpc) is 3.23. The monoisotopic (exact) mass is 375 g/mol. The molecule has 0 radical (unpaired) electrons. The van der Waals surface area contributed by atoms with E-state index in [2.05, 4.69) is 19.9 Å². The Hall–Kier alpha value is -2.11. The summed E-state index contributed by atoms with van der Waals surface area (Å²) in [5.74, 6) is 0.559. The van der Waals surface area contributed by atoms with Gasteiger partial charge in [0.1, 0.15) is 30.2 Å². The molecule has 3 aromatic heterocycles. The second-order valence-corrected chi connectivity index (χ2v) is 6.83. The summed E-state index contributed by atoms with van der Waals surface area (Å²) >= 11 is 1.53. The molecule has 10 heteroatoms. The van der Waals surface area contributed by atoms with E-state index in [1.54, 1.807) is 10.8 Å². The van der Waals surface area contributed by atoms with Crippen molar-refractivity contribution in [2.24, 2.45) is 0 Å². The maximum Gasteiger partial charge on any atom is 0.165 e. The van der Waals surface area contributed by atoms with Crippen LogP contribution in [0.15, 0.2) is 42.1 Å². The number of imidazole rings is 1. The fourth-order valence-corrected chi connectivity index (χ4v) is 3.68. The third kappa shape index (κ3) is 3.06. The van der Waals surface area contributed by atoms with Crippen molar-refractivity contribution in [3.63, 3.8) is 0 Å². The largest absolute Gasteiger partial charge is 0.394 e. The molecule has 26 heavy (non-hydrogen) atoms. The van der Waals surface area contributed by atoms with Crippen molar-refractivity contribution in [3.05, 3.63) is 42.7 Å². The predicted molar refractivity (Wildman–Crippen MR) is 92.1 cm³/mol. The fourth-order valence-electron chi connectivity index (χ4n) is 2.88. The number of thioether (sulfide) groups is 1. The summed E-state index contributed by atoms with van der Waals surface area (Å²) in [6, 6.07) is 5.69. The highest BCUT2D eigenvalue weighted by Gasteiger charge is 2.43. The van der Waals surface area contributed by atoms with E-state index < -0.39 is 24.5 Å². The Balaban J connectivity index is 1.61. The molecule has 1 aliphatic heterocycles. The number of nitrogens with zero attached hydrogens (tertiary/aromatic N) is 5. The lowest BCUT2D eigenvalue weighted by Gasteiger charge is -2.16. The van der Waals surface area contributed by atoms with Gasteiger partial charge < -0.3 is 20.1 Å². The summed E-state index contributed by atoms with van der Waals surface area (Å²) in [4.78, 5) is 17.2. The first kappa shape index (κ1) is 17.3. The maximum atomic E-state index is 10.2. The van der Waals surface area contributed by atoms with Gasteiger partial charge in [0.15, 0.2) is 11.9 Å². The topological polar surface area (TPSA) is 126 Å². The van der Waals surface area contributed by atoms with Crippen molar-refractivity contribution in [1.82, 2.24) is 24.5 Å². The van der Waals surface area contributed by atoms with Gasteiger partial charge in [-0.1, -0.05) is 17.8 Å². The van der Waals surface area contributed by atoms with E-state index >= 15 is 0 Å². The summed E-state index contributed by atoms with van der Waals surface area (Å²) in [6.45, 7) is -0.387. The van der Waals surface area contributed by atoms with Crippen LogP contribution in [0.1, 0.15) is 11.9 Å². The summed E-state index contributed by atoms with van der Waals surface area (Å²) < 4.78 is 7.11. The highest BCUT2D eigenvalue weighted by atomic mass is 32.2. The second-order valence-electron chi connectivity index (χ2n) is 5.83. The Kier molecular flexibility index (Phi) is 4.83. The average molecular weight is 375 g/mol. The van der Waals surface area contributed by atoms with Gasteiger partial charge in [0.2, 0.25) is 0 Å². The first-order valence-electron chi connectivity index (χ1n) is 8.01. The van der Waals surface area contributed by atoms with Crippen LogP contribution in [0, 0.1) is 0 Å². The smallest absolute Gasteiger partial charge is 0.165 e. The summed E-state index contributed by atoms with van der Waals surface area (Å²) in [5, 5.41) is 30.3. The lowest BCUT2D eigenvalue weighted by molar-refractivity contribution is -0.0511. The third-order valence-electron chi connectivity index (χ3n) is 4.22. The summed E-state index contributed by atoms with van der Waals surface area (Å²) in [6.07, 6.45) is 0.556. The Labute approximate surface area is 152 Å². The van der Waals surface area contributed by atoms with Crippen molar-refractivity contribution in [2.45, 2.75) is 35.3 Å². The van der Waals surface area contributed by atoms with Gasteiger partial charge in [-0.15, -0.1) is 0 Å². The van der Waals surface area contributed by atoms with E-state index in [4.69, 9.17) is 4.74 Å². The molecule has 0 bridgehead atoms. The van der Waals surface area contributed by atoms with Crippen LogP contribution < -0.4 is 0 Å². The van der Waals surface area contributed by atoms with Gasteiger partial charge in [0, 0.05) is 11.9 Å². The lowest BCUT2D eigenvalue weighted by atomic mass is 10.1. The zero-order chi connectivity index (χ0) is 18.1. The van der Waals surface area contributed by atoms with E-state index in [9.17, 15) is 15.3 Å². The second kappa shape index (κ2) is 7.25. The molecule has 0 spiro atoms. The Morgan fingerprint density at radius 1 is 1.12 bits per heavy atom. The number of fused-ring (bicyclic) bond motifs is 1. The molecule has 0 unspecified atom stereocenters. The van der Waals surface area contributed by atoms with Crippen LogP contribution in [0.2, 0.25) is 0 Å². The Morgan fingerprint density at radius 2 is 2.00 bits per heavy atom. The minimum absolute atomic E-state index is 0.387. The molecule has 1 aliphatic rings. The highest BCUT2D eigenvalue weighted by molar-refractivity contribution is 7.98. The normalized spacial score (nSPS) is 25.8. The first-order valence-corrected chi connectivity index (χ1v) is 9.00. The molecule has 0 aromatic carbocycles. The number of aliphatic hydroxyl groups is 3. The number of hydrogen-bond acceptors (Lipinski definition) is 9. The molecule has 0 amide bonds. The standard InChI is InChI=1S/C16H17N5O4S/c22-5-10-13(23)14(24)16(25-10)21-8-20-12-9(18-7-19-15(12)21)6-26-11-3-1-2-4-17-11/h1-4,7-8,10,13-14,16,22-24H,5-6H2/t10-,13-,14-,16-/m1/s1. The zero-order valence-electron chi connectivity index (χ0n) is 13.6. The molecular weight excluding hydrogens is 358 g/mol. The summed E-state index contributed by atoms with van der Waals surface area (Å²) in [5.41, 5.74) is 1.82. The van der Waals surface area contributed by atoms with Crippen molar-refractivity contribution in [1.29, 1.82) is 0 Å². The fraction of sp³-hybridized carbons (Fsp3) is 0.375. The zero-order valence-corrected chi connectivity index (χ0v) is 14.4. The van der Waals surface area contributed by atoms with Gasteiger partial charge in [0.25, 0.3) is 0 Å². The van der Waals surface area contributed by atoms with Gasteiger partial charge in [-0.25, -0.2) is 19.9 Å². The maximum absolute atomic E-state index is 10.2. The van der Waals surface area contributed by atoms with Gasteiger partial charge >= 0.3 is 0 Å². The van der Waals surface area contributed by atoms with Crippen LogP contribution in [0.25, 0.3) is 11.2 Å². The Bertz CT molecular complexity index is 893. The van der Waals surface area contributed by atoms with Gasteiger partial charge in [-0.3, -0.25) is 4.57 Å². The molecule has 0 saturated carbocycles. The van der Waals surface area contributed by atoms with E-state index in [0.29, 0.717) is 16.9 Å². The Morgan fingerprint density at radius 3 is 2.73 bits per heavy atom. The molecule has 3 N–H and O–H groups in total. The molecule has 4 rings (SSSR count). The van der Waals surface area contributed by atoms with Crippen LogP contribution in [0.3, 0.4) is 0 Å². The number of pyridine rings is 1.